The zero-order valence-electron chi connectivity index (χ0n) is 14.0. The summed E-state index contributed by atoms with van der Waals surface area (Å²) in [7, 11) is 0. The molecule has 2 saturated carbocycles. The second kappa shape index (κ2) is 4.54. The lowest BCUT2D eigenvalue weighted by atomic mass is 9.48. The van der Waals surface area contributed by atoms with Crippen molar-refractivity contribution in [2.75, 3.05) is 0 Å². The summed E-state index contributed by atoms with van der Waals surface area (Å²) in [5.74, 6) is -2.02. The monoisotopic (exact) mass is 320 g/mol. The maximum atomic E-state index is 10.7. The Bertz CT molecular complexity index is 592. The fourth-order valence-electron chi connectivity index (χ4n) is 6.37. The molecule has 0 saturated heterocycles. The quantitative estimate of drug-likeness (QED) is 0.407. The average molecular weight is 320 g/mol. The van der Waals surface area contributed by atoms with Crippen molar-refractivity contribution in [2.24, 2.45) is 34.5 Å². The van der Waals surface area contributed by atoms with Crippen LogP contribution in [0, 0.1) is 34.5 Å². The molecule has 4 N–H and O–H groups in total. The van der Waals surface area contributed by atoms with Crippen LogP contribution in [-0.2, 0) is 0 Å². The van der Waals surface area contributed by atoms with E-state index in [1.807, 2.05) is 6.92 Å². The Balaban J connectivity index is 1.79. The van der Waals surface area contributed by atoms with E-state index < -0.39 is 17.0 Å². The van der Waals surface area contributed by atoms with Gasteiger partial charge in [-0.1, -0.05) is 32.4 Å². The first kappa shape index (κ1) is 15.5. The van der Waals surface area contributed by atoms with Gasteiger partial charge in [-0.2, -0.15) is 0 Å². The molecule has 128 valence electrons. The molecule has 4 rings (SSSR count). The maximum absolute atomic E-state index is 10.7. The Morgan fingerprint density at radius 3 is 2.43 bits per heavy atom. The first-order chi connectivity index (χ1) is 10.7. The Labute approximate surface area is 137 Å². The molecule has 0 aromatic heterocycles. The van der Waals surface area contributed by atoms with Crippen LogP contribution in [0.15, 0.2) is 23.7 Å². The lowest BCUT2D eigenvalue weighted by Crippen LogP contribution is -2.55. The number of fused-ring (bicyclic) bond motifs is 5. The van der Waals surface area contributed by atoms with Gasteiger partial charge >= 0.3 is 0 Å². The van der Waals surface area contributed by atoms with Crippen molar-refractivity contribution in [1.82, 2.24) is 0 Å². The van der Waals surface area contributed by atoms with Crippen LogP contribution in [0.25, 0.3) is 0 Å². The molecule has 23 heavy (non-hydrogen) atoms. The van der Waals surface area contributed by atoms with Gasteiger partial charge in [0.25, 0.3) is 0 Å². The lowest BCUT2D eigenvalue weighted by molar-refractivity contribution is -0.193. The van der Waals surface area contributed by atoms with Gasteiger partial charge in [0.1, 0.15) is 5.76 Å². The number of allylic oxidation sites excluding steroid dienone is 3. The summed E-state index contributed by atoms with van der Waals surface area (Å²) in [5, 5.41) is 40.8. The summed E-state index contributed by atoms with van der Waals surface area (Å²) >= 11 is 0. The first-order valence-corrected chi connectivity index (χ1v) is 8.96. The fraction of sp³-hybridized carbons (Fsp3) is 0.789. The van der Waals surface area contributed by atoms with Gasteiger partial charge in [-0.3, -0.25) is 0 Å². The third-order valence-electron chi connectivity index (χ3n) is 7.84. The van der Waals surface area contributed by atoms with E-state index in [-0.39, 0.29) is 24.0 Å². The van der Waals surface area contributed by atoms with Gasteiger partial charge in [-0.05, 0) is 54.8 Å². The molecule has 2 fully saturated rings. The van der Waals surface area contributed by atoms with Crippen LogP contribution in [-0.4, -0.2) is 26.2 Å². The van der Waals surface area contributed by atoms with Crippen LogP contribution in [0.3, 0.4) is 0 Å². The van der Waals surface area contributed by atoms with Gasteiger partial charge in [0, 0.05) is 11.8 Å². The molecule has 0 heterocycles. The molecule has 4 aliphatic carbocycles. The summed E-state index contributed by atoms with van der Waals surface area (Å²) < 4.78 is 0. The highest BCUT2D eigenvalue weighted by molar-refractivity contribution is 5.30. The van der Waals surface area contributed by atoms with Crippen molar-refractivity contribution in [3.63, 3.8) is 0 Å². The number of aliphatic hydroxyl groups excluding tert-OH is 2. The van der Waals surface area contributed by atoms with E-state index in [4.69, 9.17) is 0 Å². The molecule has 4 nitrogen and oxygen atoms in total. The molecule has 1 unspecified atom stereocenters. The van der Waals surface area contributed by atoms with E-state index in [0.717, 1.165) is 12.8 Å². The number of hydrogen-bond acceptors (Lipinski definition) is 4. The zero-order valence-corrected chi connectivity index (χ0v) is 14.0. The molecule has 6 atom stereocenters. The largest absolute Gasteiger partial charge is 0.508 e. The van der Waals surface area contributed by atoms with Crippen LogP contribution in [0.1, 0.15) is 52.4 Å². The molecular weight excluding hydrogens is 292 g/mol. The van der Waals surface area contributed by atoms with E-state index in [1.165, 1.54) is 19.3 Å². The summed E-state index contributed by atoms with van der Waals surface area (Å²) in [4.78, 5) is 0. The van der Waals surface area contributed by atoms with Gasteiger partial charge < -0.3 is 20.4 Å². The lowest BCUT2D eigenvalue weighted by Gasteiger charge is -2.57. The molecule has 0 amide bonds. The second-order valence-electron chi connectivity index (χ2n) is 8.87. The Hall–Kier alpha value is -1.00. The van der Waals surface area contributed by atoms with Gasteiger partial charge in [-0.25, -0.2) is 0 Å². The molecule has 0 spiro atoms. The molecule has 0 aromatic rings. The molecule has 4 heteroatoms. The fourth-order valence-corrected chi connectivity index (χ4v) is 6.37. The topological polar surface area (TPSA) is 80.9 Å². The number of hydrogen-bond donors (Lipinski definition) is 4. The highest BCUT2D eigenvalue weighted by atomic mass is 16.5. The third kappa shape index (κ3) is 1.85. The van der Waals surface area contributed by atoms with E-state index in [0.29, 0.717) is 17.3 Å². The smallest absolute Gasteiger partial charge is 0.226 e. The van der Waals surface area contributed by atoms with Gasteiger partial charge in [0.2, 0.25) is 5.79 Å². The van der Waals surface area contributed by atoms with Crippen LogP contribution < -0.4 is 0 Å². The predicted molar refractivity (Wildman–Crippen MR) is 86.5 cm³/mol. The van der Waals surface area contributed by atoms with Gasteiger partial charge in [0.05, 0.1) is 0 Å². The van der Waals surface area contributed by atoms with Crippen LogP contribution in [0.2, 0.25) is 0 Å². The summed E-state index contributed by atoms with van der Waals surface area (Å²) in [6.45, 7) is 4.40. The van der Waals surface area contributed by atoms with E-state index in [1.54, 1.807) is 0 Å². The Kier molecular flexibility index (Phi) is 3.07. The van der Waals surface area contributed by atoms with Crippen molar-refractivity contribution < 1.29 is 20.4 Å². The van der Waals surface area contributed by atoms with E-state index >= 15 is 0 Å². The standard InChI is InChI=1S/C19H28O4/c1-17-8-3-4-13(17)12-6-5-11-10-19(22,23)16(21)15(20)18(11,2)14(12)7-9-17/h5-6,11-14,20-23H,3-4,7-10H2,1-2H3/t11?,12-,13-,14-,17-,18-/m0/s1. The molecule has 0 bridgehead atoms. The van der Waals surface area contributed by atoms with E-state index in [2.05, 4.69) is 19.1 Å². The minimum Gasteiger partial charge on any atom is -0.508 e. The molecule has 0 radical (unpaired) electrons. The van der Waals surface area contributed by atoms with E-state index in [9.17, 15) is 20.4 Å². The normalized spacial score (nSPS) is 51.1. The van der Waals surface area contributed by atoms with Crippen LogP contribution >= 0.6 is 0 Å². The summed E-state index contributed by atoms with van der Waals surface area (Å²) in [6.07, 6.45) is 10.4. The number of aliphatic hydroxyl groups is 4. The highest BCUT2D eigenvalue weighted by Crippen LogP contribution is 2.65. The van der Waals surface area contributed by atoms with Crippen molar-refractivity contribution in [3.8, 4) is 0 Å². The molecule has 0 aliphatic heterocycles. The SMILES string of the molecule is C[C@@]12CCC[C@H]1[C@@H]1C=CC3CC(O)(O)C(O)=C(O)[C@]3(C)[C@H]1CC2. The zero-order chi connectivity index (χ0) is 16.6. The van der Waals surface area contributed by atoms with Crippen LogP contribution in [0.4, 0.5) is 0 Å². The second-order valence-corrected chi connectivity index (χ2v) is 8.87. The molecule has 0 aromatic carbocycles. The Morgan fingerprint density at radius 2 is 1.70 bits per heavy atom. The Morgan fingerprint density at radius 1 is 0.957 bits per heavy atom. The van der Waals surface area contributed by atoms with Crippen molar-refractivity contribution in [2.45, 2.75) is 58.2 Å². The summed E-state index contributed by atoms with van der Waals surface area (Å²) in [6, 6.07) is 0. The highest BCUT2D eigenvalue weighted by Gasteiger charge is 2.61. The van der Waals surface area contributed by atoms with Gasteiger partial charge in [0.15, 0.2) is 5.76 Å². The minimum atomic E-state index is -2.32. The summed E-state index contributed by atoms with van der Waals surface area (Å²) in [5.41, 5.74) is -0.190. The molecule has 4 aliphatic rings. The van der Waals surface area contributed by atoms with Crippen molar-refractivity contribution in [3.05, 3.63) is 23.7 Å². The third-order valence-corrected chi connectivity index (χ3v) is 7.84. The average Bonchev–Trinajstić information content (AvgIpc) is 2.89. The first-order valence-electron chi connectivity index (χ1n) is 8.96. The minimum absolute atomic E-state index is 0.0427. The predicted octanol–water partition coefficient (Wildman–Crippen LogP) is 3.42. The maximum Gasteiger partial charge on any atom is 0.226 e. The van der Waals surface area contributed by atoms with Crippen LogP contribution in [0.5, 0.6) is 0 Å². The van der Waals surface area contributed by atoms with Crippen molar-refractivity contribution >= 4 is 0 Å². The van der Waals surface area contributed by atoms with Gasteiger partial charge in [-0.15, -0.1) is 0 Å². The van der Waals surface area contributed by atoms with Crippen molar-refractivity contribution in [1.29, 1.82) is 0 Å². The number of rotatable bonds is 0. The molecular formula is C19H28O4.